The molecule has 0 fully saturated rings. The second-order valence-electron chi connectivity index (χ2n) is 8.31. The number of benzene rings is 3. The van der Waals surface area contributed by atoms with Crippen LogP contribution < -0.4 is 19.5 Å². The molecule has 5 nitrogen and oxygen atoms in total. The molecule has 8 heteroatoms. The molecule has 1 atom stereocenters. The van der Waals surface area contributed by atoms with E-state index in [9.17, 15) is 18.0 Å². The van der Waals surface area contributed by atoms with Crippen LogP contribution >= 0.6 is 0 Å². The maximum Gasteiger partial charge on any atom is 0.471 e. The van der Waals surface area contributed by atoms with Crippen LogP contribution in [0.15, 0.2) is 66.7 Å². The normalized spacial score (nSPS) is 15.6. The summed E-state index contributed by atoms with van der Waals surface area (Å²) in [6.45, 7) is 0. The second-order valence-corrected chi connectivity index (χ2v) is 8.31. The van der Waals surface area contributed by atoms with Crippen molar-refractivity contribution in [1.29, 1.82) is 0 Å². The number of amides is 1. The third-order valence-corrected chi connectivity index (χ3v) is 6.28. The van der Waals surface area contributed by atoms with E-state index in [0.717, 1.165) is 22.3 Å². The van der Waals surface area contributed by atoms with Crippen molar-refractivity contribution >= 4 is 17.1 Å². The number of rotatable bonds is 6. The highest BCUT2D eigenvalue weighted by atomic mass is 19.4. The zero-order chi connectivity index (χ0) is 25.9. The Balaban J connectivity index is 2.02. The van der Waals surface area contributed by atoms with Crippen molar-refractivity contribution in [3.63, 3.8) is 0 Å². The number of nitrogens with one attached hydrogen (secondary N) is 1. The van der Waals surface area contributed by atoms with E-state index in [4.69, 9.17) is 14.2 Å². The number of carbonyl (C=O) groups excluding carboxylic acids is 1. The lowest BCUT2D eigenvalue weighted by atomic mass is 9.90. The highest BCUT2D eigenvalue weighted by molar-refractivity contribution is 5.94. The van der Waals surface area contributed by atoms with Gasteiger partial charge < -0.3 is 19.5 Å². The van der Waals surface area contributed by atoms with E-state index in [2.05, 4.69) is 5.32 Å². The van der Waals surface area contributed by atoms with Crippen molar-refractivity contribution in [2.24, 2.45) is 0 Å². The third-order valence-electron chi connectivity index (χ3n) is 6.28. The monoisotopic (exact) mass is 497 g/mol. The summed E-state index contributed by atoms with van der Waals surface area (Å²) in [5.74, 6) is -1.04. The van der Waals surface area contributed by atoms with Crippen molar-refractivity contribution in [3.05, 3.63) is 89.0 Å². The highest BCUT2D eigenvalue weighted by Gasteiger charge is 2.41. The molecule has 3 aromatic carbocycles. The van der Waals surface area contributed by atoms with Gasteiger partial charge in [0.25, 0.3) is 0 Å². The summed E-state index contributed by atoms with van der Waals surface area (Å²) in [4.78, 5) is 12.1. The number of fused-ring (bicyclic) bond motifs is 1. The van der Waals surface area contributed by atoms with Crippen LogP contribution in [0.2, 0.25) is 0 Å². The molecular weight excluding hydrogens is 471 g/mol. The summed E-state index contributed by atoms with van der Waals surface area (Å²) >= 11 is 0. The molecule has 36 heavy (non-hydrogen) atoms. The predicted octanol–water partition coefficient (Wildman–Crippen LogP) is 5.99. The molecule has 1 N–H and O–H groups in total. The fourth-order valence-corrected chi connectivity index (χ4v) is 4.66. The van der Waals surface area contributed by atoms with E-state index in [1.165, 1.54) is 21.3 Å². The van der Waals surface area contributed by atoms with Gasteiger partial charge in [-0.2, -0.15) is 13.2 Å². The minimum Gasteiger partial charge on any atom is -0.493 e. The topological polar surface area (TPSA) is 56.8 Å². The van der Waals surface area contributed by atoms with Crippen LogP contribution in [0.5, 0.6) is 17.2 Å². The Bertz CT molecular complexity index is 1270. The molecule has 1 amide bonds. The number of hydrogen-bond donors (Lipinski definition) is 1. The van der Waals surface area contributed by atoms with Crippen LogP contribution in [0.25, 0.3) is 11.1 Å². The first-order chi connectivity index (χ1) is 17.3. The number of halogens is 3. The van der Waals surface area contributed by atoms with Crippen LogP contribution in [-0.4, -0.2) is 33.4 Å². The lowest BCUT2D eigenvalue weighted by Gasteiger charge is -2.24. The molecule has 0 spiro atoms. The maximum atomic E-state index is 13.4. The number of allylic oxidation sites excluding steroid dienone is 1. The SMILES string of the molecule is COc1cc2c(c(OC)c1OC)CC(c1ccccc1)=C(c1ccccc1)C[C@H]2NC(=O)C(F)(F)F. The van der Waals surface area contributed by atoms with Gasteiger partial charge in [0.2, 0.25) is 5.75 Å². The summed E-state index contributed by atoms with van der Waals surface area (Å²) in [5.41, 5.74) is 4.60. The fraction of sp³-hybridized carbons (Fsp3) is 0.250. The molecule has 188 valence electrons. The highest BCUT2D eigenvalue weighted by Crippen LogP contribution is 2.49. The summed E-state index contributed by atoms with van der Waals surface area (Å²) in [7, 11) is 4.37. The number of methoxy groups -OCH3 is 3. The fourth-order valence-electron chi connectivity index (χ4n) is 4.66. The number of carbonyl (C=O) groups is 1. The molecule has 3 aromatic rings. The minimum absolute atomic E-state index is 0.127. The van der Waals surface area contributed by atoms with Crippen molar-refractivity contribution < 1.29 is 32.2 Å². The Morgan fingerprint density at radius 1 is 0.833 bits per heavy atom. The molecule has 0 saturated carbocycles. The number of ether oxygens (including phenoxy) is 3. The average Bonchev–Trinajstić information content (AvgIpc) is 3.05. The molecule has 0 aromatic heterocycles. The summed E-state index contributed by atoms with van der Waals surface area (Å²) < 4.78 is 56.8. The minimum atomic E-state index is -5.04. The molecule has 4 rings (SSSR count). The van der Waals surface area contributed by atoms with Gasteiger partial charge in [-0.15, -0.1) is 0 Å². The van der Waals surface area contributed by atoms with Gasteiger partial charge in [-0.1, -0.05) is 60.7 Å². The molecule has 0 saturated heterocycles. The quantitative estimate of drug-likeness (QED) is 0.455. The van der Waals surface area contributed by atoms with E-state index in [-0.39, 0.29) is 6.42 Å². The Hall–Kier alpha value is -3.94. The van der Waals surface area contributed by atoms with Crippen molar-refractivity contribution in [1.82, 2.24) is 5.32 Å². The van der Waals surface area contributed by atoms with Gasteiger partial charge in [0, 0.05) is 12.0 Å². The van der Waals surface area contributed by atoms with Gasteiger partial charge in [0.05, 0.1) is 27.4 Å². The average molecular weight is 498 g/mol. The van der Waals surface area contributed by atoms with Crippen molar-refractivity contribution in [3.8, 4) is 17.2 Å². The molecular formula is C28H26F3NO4. The van der Waals surface area contributed by atoms with E-state index in [1.54, 1.807) is 6.07 Å². The van der Waals surface area contributed by atoms with Gasteiger partial charge in [0.1, 0.15) is 0 Å². The van der Waals surface area contributed by atoms with Crippen molar-refractivity contribution in [2.75, 3.05) is 21.3 Å². The Kier molecular flexibility index (Phi) is 7.24. The van der Waals surface area contributed by atoms with E-state index in [0.29, 0.717) is 34.8 Å². The van der Waals surface area contributed by atoms with Crippen molar-refractivity contribution in [2.45, 2.75) is 25.1 Å². The molecule has 1 aliphatic carbocycles. The smallest absolute Gasteiger partial charge is 0.471 e. The Labute approximate surface area is 207 Å². The van der Waals surface area contributed by atoms with Gasteiger partial charge in [-0.3, -0.25) is 4.79 Å². The summed E-state index contributed by atoms with van der Waals surface area (Å²) in [6.07, 6.45) is -4.57. The van der Waals surface area contributed by atoms with Crippen LogP contribution in [-0.2, 0) is 11.2 Å². The van der Waals surface area contributed by atoms with Crippen LogP contribution in [0.4, 0.5) is 13.2 Å². The zero-order valence-electron chi connectivity index (χ0n) is 20.1. The summed E-state index contributed by atoms with van der Waals surface area (Å²) in [6, 6.07) is 19.7. The summed E-state index contributed by atoms with van der Waals surface area (Å²) in [5, 5.41) is 2.22. The lowest BCUT2D eigenvalue weighted by molar-refractivity contribution is -0.174. The first kappa shape index (κ1) is 25.2. The van der Waals surface area contributed by atoms with Crippen LogP contribution in [0, 0.1) is 0 Å². The first-order valence-corrected chi connectivity index (χ1v) is 11.3. The molecule has 0 unspecified atom stereocenters. The molecule has 0 heterocycles. The lowest BCUT2D eigenvalue weighted by Crippen LogP contribution is -2.39. The maximum absolute atomic E-state index is 13.4. The van der Waals surface area contributed by atoms with E-state index < -0.39 is 18.1 Å². The Morgan fingerprint density at radius 2 is 1.39 bits per heavy atom. The van der Waals surface area contributed by atoms with Gasteiger partial charge in [-0.05, 0) is 40.3 Å². The largest absolute Gasteiger partial charge is 0.493 e. The second kappa shape index (κ2) is 10.4. The zero-order valence-corrected chi connectivity index (χ0v) is 20.1. The molecule has 1 aliphatic rings. The predicted molar refractivity (Wildman–Crippen MR) is 131 cm³/mol. The molecule has 0 bridgehead atoms. The molecule has 0 radical (unpaired) electrons. The van der Waals surface area contributed by atoms with Gasteiger partial charge in [-0.25, -0.2) is 0 Å². The van der Waals surface area contributed by atoms with E-state index >= 15 is 0 Å². The standard InChI is InChI=1S/C28H26F3NO4/c1-34-24-16-21-22(25(35-2)26(24)36-3)14-19(17-10-6-4-7-11-17)20(18-12-8-5-9-13-18)15-23(21)32-27(33)28(29,30)31/h4-13,16,23H,14-15H2,1-3H3,(H,32,33)/t23-/m1/s1. The van der Waals surface area contributed by atoms with Crippen LogP contribution in [0.3, 0.4) is 0 Å². The van der Waals surface area contributed by atoms with Gasteiger partial charge in [0.15, 0.2) is 11.5 Å². The van der Waals surface area contributed by atoms with Gasteiger partial charge >= 0.3 is 12.1 Å². The van der Waals surface area contributed by atoms with E-state index in [1.807, 2.05) is 60.7 Å². The third kappa shape index (κ3) is 4.89. The number of alkyl halides is 3. The van der Waals surface area contributed by atoms with Crippen LogP contribution in [0.1, 0.15) is 34.7 Å². The first-order valence-electron chi connectivity index (χ1n) is 11.3. The Morgan fingerprint density at radius 3 is 1.89 bits per heavy atom. The molecule has 0 aliphatic heterocycles. The number of hydrogen-bond acceptors (Lipinski definition) is 4.